The third-order valence-corrected chi connectivity index (χ3v) is 4.13. The molecule has 0 aromatic carbocycles. The van der Waals surface area contributed by atoms with Crippen molar-refractivity contribution >= 4 is 5.97 Å². The zero-order valence-electron chi connectivity index (χ0n) is 13.0. The summed E-state index contributed by atoms with van der Waals surface area (Å²) < 4.78 is 10.9. The van der Waals surface area contributed by atoms with E-state index < -0.39 is 5.97 Å². The van der Waals surface area contributed by atoms with E-state index in [9.17, 15) is 4.79 Å². The van der Waals surface area contributed by atoms with Gasteiger partial charge in [-0.15, -0.1) is 0 Å². The number of hydrogen-bond donors (Lipinski definition) is 0. The normalized spacial score (nSPS) is 18.2. The lowest BCUT2D eigenvalue weighted by Gasteiger charge is -2.30. The number of hydrogen-bond acceptors (Lipinski definition) is 4. The Balaban J connectivity index is 2.35. The molecule has 1 aromatic rings. The molecule has 0 bridgehead atoms. The monoisotopic (exact) mass is 279 g/mol. The highest BCUT2D eigenvalue weighted by Crippen LogP contribution is 2.39. The molecule has 0 spiro atoms. The van der Waals surface area contributed by atoms with E-state index >= 15 is 0 Å². The number of nitrogens with zero attached hydrogens (tertiary/aromatic N) is 1. The number of carbonyl (C=O) groups excluding carboxylic acids is 1. The predicted octanol–water partition coefficient (Wildman–Crippen LogP) is 4.20. The van der Waals surface area contributed by atoms with Crippen LogP contribution in [-0.4, -0.2) is 17.6 Å². The zero-order valence-corrected chi connectivity index (χ0v) is 13.0. The standard InChI is InChI=1S/C16H25NO3/c1-5-19-14(18)13-12(11(2)3)17-15(20-13)16(4)9-7-6-8-10-16/h11H,5-10H2,1-4H3. The average Bonchev–Trinajstić information content (AvgIpc) is 2.86. The third-order valence-electron chi connectivity index (χ3n) is 4.13. The molecule has 0 unspecified atom stereocenters. The molecule has 4 heteroatoms. The van der Waals surface area contributed by atoms with Crippen molar-refractivity contribution < 1.29 is 13.9 Å². The van der Waals surface area contributed by atoms with Crippen LogP contribution >= 0.6 is 0 Å². The lowest BCUT2D eigenvalue weighted by Crippen LogP contribution is -2.25. The molecule has 1 aliphatic carbocycles. The van der Waals surface area contributed by atoms with Crippen LogP contribution in [0.1, 0.15) is 87.9 Å². The van der Waals surface area contributed by atoms with E-state index in [0.29, 0.717) is 18.3 Å². The highest BCUT2D eigenvalue weighted by Gasteiger charge is 2.36. The highest BCUT2D eigenvalue weighted by molar-refractivity contribution is 5.87. The van der Waals surface area contributed by atoms with E-state index in [1.54, 1.807) is 6.92 Å². The quantitative estimate of drug-likeness (QED) is 0.775. The van der Waals surface area contributed by atoms with Gasteiger partial charge in [0.05, 0.1) is 12.3 Å². The summed E-state index contributed by atoms with van der Waals surface area (Å²) >= 11 is 0. The molecule has 1 saturated carbocycles. The fraction of sp³-hybridized carbons (Fsp3) is 0.750. The Morgan fingerprint density at radius 1 is 1.35 bits per heavy atom. The average molecular weight is 279 g/mol. The topological polar surface area (TPSA) is 52.3 Å². The van der Waals surface area contributed by atoms with Crippen LogP contribution in [0.5, 0.6) is 0 Å². The molecule has 0 aliphatic heterocycles. The molecule has 0 radical (unpaired) electrons. The second-order valence-electron chi connectivity index (χ2n) is 6.23. The van der Waals surface area contributed by atoms with Crippen molar-refractivity contribution in [1.29, 1.82) is 0 Å². The van der Waals surface area contributed by atoms with Crippen molar-refractivity contribution in [2.45, 2.75) is 71.1 Å². The first-order valence-electron chi connectivity index (χ1n) is 7.66. The molecule has 20 heavy (non-hydrogen) atoms. The Bertz CT molecular complexity index is 470. The van der Waals surface area contributed by atoms with Gasteiger partial charge in [0.1, 0.15) is 0 Å². The van der Waals surface area contributed by atoms with Crippen LogP contribution in [0.2, 0.25) is 0 Å². The molecule has 1 aliphatic rings. The van der Waals surface area contributed by atoms with Crippen molar-refractivity contribution in [3.63, 3.8) is 0 Å². The van der Waals surface area contributed by atoms with Crippen molar-refractivity contribution in [2.24, 2.45) is 0 Å². The highest BCUT2D eigenvalue weighted by atomic mass is 16.5. The summed E-state index contributed by atoms with van der Waals surface area (Å²) in [5.41, 5.74) is 0.692. The fourth-order valence-corrected chi connectivity index (χ4v) is 2.87. The summed E-state index contributed by atoms with van der Waals surface area (Å²) in [6.45, 7) is 8.38. The largest absolute Gasteiger partial charge is 0.460 e. The summed E-state index contributed by atoms with van der Waals surface area (Å²) in [6, 6.07) is 0. The second-order valence-corrected chi connectivity index (χ2v) is 6.23. The molecule has 0 amide bonds. The third kappa shape index (κ3) is 2.89. The maximum Gasteiger partial charge on any atom is 0.376 e. The Morgan fingerprint density at radius 2 is 2.00 bits per heavy atom. The Labute approximate surface area is 120 Å². The Kier molecular flexibility index (Phi) is 4.51. The first-order chi connectivity index (χ1) is 9.48. The SMILES string of the molecule is CCOC(=O)c1oc(C2(C)CCCCC2)nc1C(C)C. The van der Waals surface area contributed by atoms with Crippen molar-refractivity contribution in [3.8, 4) is 0 Å². The molecule has 0 N–H and O–H groups in total. The van der Waals surface area contributed by atoms with Gasteiger partial charge in [0, 0.05) is 5.41 Å². The van der Waals surface area contributed by atoms with Crippen molar-refractivity contribution in [2.75, 3.05) is 6.61 Å². The van der Waals surface area contributed by atoms with Crippen molar-refractivity contribution in [1.82, 2.24) is 4.98 Å². The van der Waals surface area contributed by atoms with Crippen molar-refractivity contribution in [3.05, 3.63) is 17.3 Å². The molecule has 1 fully saturated rings. The minimum Gasteiger partial charge on any atom is -0.460 e. The van der Waals surface area contributed by atoms with Gasteiger partial charge in [-0.1, -0.05) is 40.0 Å². The van der Waals surface area contributed by atoms with Gasteiger partial charge in [-0.25, -0.2) is 9.78 Å². The molecular formula is C16H25NO3. The summed E-state index contributed by atoms with van der Waals surface area (Å²) in [4.78, 5) is 16.7. The van der Waals surface area contributed by atoms with Crippen LogP contribution in [0.3, 0.4) is 0 Å². The molecule has 2 rings (SSSR count). The number of aromatic nitrogens is 1. The molecule has 0 atom stereocenters. The molecule has 112 valence electrons. The summed E-state index contributed by atoms with van der Waals surface area (Å²) in [5.74, 6) is 0.765. The fourth-order valence-electron chi connectivity index (χ4n) is 2.87. The number of oxazole rings is 1. The Morgan fingerprint density at radius 3 is 2.55 bits per heavy atom. The van der Waals surface area contributed by atoms with E-state index in [1.807, 2.05) is 13.8 Å². The number of rotatable bonds is 4. The number of esters is 1. The van der Waals surface area contributed by atoms with Gasteiger partial charge in [-0.05, 0) is 25.7 Å². The van der Waals surface area contributed by atoms with Gasteiger partial charge in [-0.3, -0.25) is 0 Å². The summed E-state index contributed by atoms with van der Waals surface area (Å²) in [6.07, 6.45) is 5.83. The molecular weight excluding hydrogens is 254 g/mol. The van der Waals surface area contributed by atoms with Gasteiger partial charge >= 0.3 is 5.97 Å². The van der Waals surface area contributed by atoms with Gasteiger partial charge in [0.2, 0.25) is 11.7 Å². The van der Waals surface area contributed by atoms with Gasteiger partial charge in [-0.2, -0.15) is 0 Å². The predicted molar refractivity (Wildman–Crippen MR) is 77.0 cm³/mol. The van der Waals surface area contributed by atoms with E-state index in [1.165, 1.54) is 19.3 Å². The Hall–Kier alpha value is -1.32. The summed E-state index contributed by atoms with van der Waals surface area (Å²) in [7, 11) is 0. The van der Waals surface area contributed by atoms with Gasteiger partial charge in [0.25, 0.3) is 0 Å². The first kappa shape index (κ1) is 15.1. The van der Waals surface area contributed by atoms with E-state index in [2.05, 4.69) is 11.9 Å². The van der Waals surface area contributed by atoms with Gasteiger partial charge < -0.3 is 9.15 Å². The van der Waals surface area contributed by atoms with Crippen LogP contribution in [0, 0.1) is 0 Å². The summed E-state index contributed by atoms with van der Waals surface area (Å²) in [5, 5.41) is 0. The van der Waals surface area contributed by atoms with E-state index in [4.69, 9.17) is 9.15 Å². The number of carbonyl (C=O) groups is 1. The van der Waals surface area contributed by atoms with Crippen LogP contribution in [0.25, 0.3) is 0 Å². The second kappa shape index (κ2) is 5.98. The van der Waals surface area contributed by atoms with Crippen LogP contribution in [0.4, 0.5) is 0 Å². The first-order valence-corrected chi connectivity index (χ1v) is 7.66. The van der Waals surface area contributed by atoms with Gasteiger partial charge in [0.15, 0.2) is 0 Å². The smallest absolute Gasteiger partial charge is 0.376 e. The minimum atomic E-state index is -0.394. The lowest BCUT2D eigenvalue weighted by molar-refractivity contribution is 0.0482. The molecule has 0 saturated heterocycles. The molecule has 4 nitrogen and oxygen atoms in total. The molecule has 1 aromatic heterocycles. The van der Waals surface area contributed by atoms with E-state index in [0.717, 1.165) is 18.5 Å². The van der Waals surface area contributed by atoms with E-state index in [-0.39, 0.29) is 11.3 Å². The lowest BCUT2D eigenvalue weighted by atomic mass is 9.75. The number of ether oxygens (including phenoxy) is 1. The minimum absolute atomic E-state index is 0.0351. The maximum atomic E-state index is 12.0. The zero-order chi connectivity index (χ0) is 14.8. The van der Waals surface area contributed by atoms with Crippen LogP contribution in [0.15, 0.2) is 4.42 Å². The van der Waals surface area contributed by atoms with Crippen LogP contribution < -0.4 is 0 Å². The maximum absolute atomic E-state index is 12.0. The molecule has 1 heterocycles. The van der Waals surface area contributed by atoms with Crippen LogP contribution in [-0.2, 0) is 10.2 Å².